The fourth-order valence-electron chi connectivity index (χ4n) is 2.70. The molecule has 2 aromatic rings. The summed E-state index contributed by atoms with van der Waals surface area (Å²) in [4.78, 5) is 4.49. The van der Waals surface area contributed by atoms with E-state index in [2.05, 4.69) is 39.1 Å². The van der Waals surface area contributed by atoms with Gasteiger partial charge in [0.1, 0.15) is 12.4 Å². The molecule has 0 saturated heterocycles. The molecule has 0 spiro atoms. The number of nitrogens with zero attached hydrogens (tertiary/aromatic N) is 1. The molecule has 1 aliphatic rings. The second kappa shape index (κ2) is 5.96. The quantitative estimate of drug-likeness (QED) is 0.777. The van der Waals surface area contributed by atoms with E-state index in [1.807, 2.05) is 19.1 Å². The largest absolute Gasteiger partial charge is 0.487 e. The molecule has 0 bridgehead atoms. The van der Waals surface area contributed by atoms with Crippen LogP contribution in [-0.2, 0) is 24.8 Å². The highest BCUT2D eigenvalue weighted by Gasteiger charge is 2.11. The Hall–Kier alpha value is -1.35. The zero-order valence-electron chi connectivity index (χ0n) is 11.7. The van der Waals surface area contributed by atoms with Crippen LogP contribution in [0.1, 0.15) is 34.5 Å². The lowest BCUT2D eigenvalue weighted by Crippen LogP contribution is -2.01. The van der Waals surface area contributed by atoms with Crippen molar-refractivity contribution in [2.45, 2.75) is 38.1 Å². The third-order valence-electron chi connectivity index (χ3n) is 3.76. The van der Waals surface area contributed by atoms with Gasteiger partial charge in [0.2, 0.25) is 0 Å². The number of aromatic nitrogens is 1. The minimum Gasteiger partial charge on any atom is -0.487 e. The molecule has 0 saturated carbocycles. The lowest BCUT2D eigenvalue weighted by molar-refractivity contribution is 0.302. The number of benzene rings is 1. The van der Waals surface area contributed by atoms with Crippen molar-refractivity contribution in [1.82, 2.24) is 4.98 Å². The second-order valence-corrected chi connectivity index (χ2v) is 5.84. The topological polar surface area (TPSA) is 22.1 Å². The summed E-state index contributed by atoms with van der Waals surface area (Å²) in [6.45, 7) is 2.61. The molecule has 0 fully saturated rings. The van der Waals surface area contributed by atoms with Crippen LogP contribution in [-0.4, -0.2) is 4.98 Å². The van der Waals surface area contributed by atoms with E-state index in [0.717, 1.165) is 17.1 Å². The molecule has 0 N–H and O–H groups in total. The van der Waals surface area contributed by atoms with E-state index in [1.54, 1.807) is 0 Å². The Labute approximate surface area is 128 Å². The summed E-state index contributed by atoms with van der Waals surface area (Å²) in [6.07, 6.45) is 3.73. The summed E-state index contributed by atoms with van der Waals surface area (Å²) >= 11 is 3.47. The number of fused-ring (bicyclic) bond motifs is 1. The van der Waals surface area contributed by atoms with Gasteiger partial charge in [-0.1, -0.05) is 34.1 Å². The second-order valence-electron chi connectivity index (χ2n) is 5.28. The summed E-state index contributed by atoms with van der Waals surface area (Å²) in [6, 6.07) is 10.7. The Morgan fingerprint density at radius 1 is 1.15 bits per heavy atom. The first-order valence-electron chi connectivity index (χ1n) is 7.02. The molecule has 0 unspecified atom stereocenters. The predicted octanol–water partition coefficient (Wildman–Crippen LogP) is 4.35. The van der Waals surface area contributed by atoms with Gasteiger partial charge in [-0.2, -0.15) is 0 Å². The number of ether oxygens (including phenoxy) is 1. The molecule has 104 valence electrons. The van der Waals surface area contributed by atoms with Crippen LogP contribution in [0.15, 0.2) is 30.3 Å². The maximum Gasteiger partial charge on any atom is 0.142 e. The van der Waals surface area contributed by atoms with Crippen molar-refractivity contribution in [3.8, 4) is 5.75 Å². The van der Waals surface area contributed by atoms with E-state index in [0.29, 0.717) is 11.9 Å². The third-order valence-corrected chi connectivity index (χ3v) is 4.29. The fraction of sp³-hybridized carbons (Fsp3) is 0.353. The molecular weight excluding hydrogens is 314 g/mol. The van der Waals surface area contributed by atoms with Crippen molar-refractivity contribution in [2.75, 3.05) is 0 Å². The van der Waals surface area contributed by atoms with Crippen molar-refractivity contribution in [3.05, 3.63) is 58.4 Å². The summed E-state index contributed by atoms with van der Waals surface area (Å²) in [5.41, 5.74) is 6.22. The summed E-state index contributed by atoms with van der Waals surface area (Å²) in [5, 5.41) is 0.716. The van der Waals surface area contributed by atoms with Crippen LogP contribution in [0, 0.1) is 6.92 Å². The van der Waals surface area contributed by atoms with Gasteiger partial charge in [0.25, 0.3) is 0 Å². The normalized spacial score (nSPS) is 13.3. The van der Waals surface area contributed by atoms with Gasteiger partial charge in [0.05, 0.1) is 5.69 Å². The Bertz CT molecular complexity index is 624. The van der Waals surface area contributed by atoms with E-state index >= 15 is 0 Å². The van der Waals surface area contributed by atoms with E-state index in [1.165, 1.54) is 36.0 Å². The minimum absolute atomic E-state index is 0.609. The van der Waals surface area contributed by atoms with Crippen molar-refractivity contribution in [3.63, 3.8) is 0 Å². The van der Waals surface area contributed by atoms with Gasteiger partial charge >= 0.3 is 0 Å². The van der Waals surface area contributed by atoms with Gasteiger partial charge in [-0.15, -0.1) is 0 Å². The molecule has 1 aromatic heterocycles. The first-order valence-corrected chi connectivity index (χ1v) is 8.14. The molecule has 0 atom stereocenters. The van der Waals surface area contributed by atoms with Gasteiger partial charge in [-0.3, -0.25) is 4.98 Å². The third kappa shape index (κ3) is 2.88. The Kier molecular flexibility index (Phi) is 4.06. The van der Waals surface area contributed by atoms with Crippen LogP contribution in [0.2, 0.25) is 0 Å². The molecule has 3 rings (SSSR count). The number of aryl methyl sites for hydroxylation is 3. The Morgan fingerprint density at radius 3 is 2.85 bits per heavy atom. The maximum atomic E-state index is 5.94. The molecule has 0 amide bonds. The van der Waals surface area contributed by atoms with E-state index in [9.17, 15) is 0 Å². The van der Waals surface area contributed by atoms with Crippen LogP contribution in [0.4, 0.5) is 0 Å². The first kappa shape index (κ1) is 13.6. The van der Waals surface area contributed by atoms with Crippen LogP contribution in [0.25, 0.3) is 0 Å². The number of alkyl halides is 1. The van der Waals surface area contributed by atoms with Gasteiger partial charge in [0.15, 0.2) is 0 Å². The van der Waals surface area contributed by atoms with Crippen molar-refractivity contribution in [1.29, 1.82) is 0 Å². The van der Waals surface area contributed by atoms with Gasteiger partial charge in [-0.25, -0.2) is 0 Å². The molecule has 1 heterocycles. The summed E-state index contributed by atoms with van der Waals surface area (Å²) in [7, 11) is 0. The average molecular weight is 332 g/mol. The molecule has 20 heavy (non-hydrogen) atoms. The fourth-order valence-corrected chi connectivity index (χ4v) is 3.10. The van der Waals surface area contributed by atoms with Crippen molar-refractivity contribution in [2.24, 2.45) is 0 Å². The highest BCUT2D eigenvalue weighted by atomic mass is 79.9. The molecule has 2 nitrogen and oxygen atoms in total. The summed E-state index contributed by atoms with van der Waals surface area (Å²) < 4.78 is 5.94. The zero-order valence-corrected chi connectivity index (χ0v) is 13.2. The number of halogens is 1. The number of hydrogen-bond acceptors (Lipinski definition) is 2. The number of rotatable bonds is 4. The van der Waals surface area contributed by atoms with Gasteiger partial charge in [0, 0.05) is 11.0 Å². The maximum absolute atomic E-state index is 5.94. The predicted molar refractivity (Wildman–Crippen MR) is 84.4 cm³/mol. The molecular formula is C17H18BrNO. The minimum atomic E-state index is 0.609. The lowest BCUT2D eigenvalue weighted by Gasteiger charge is -2.11. The highest BCUT2D eigenvalue weighted by Crippen LogP contribution is 2.24. The Balaban J connectivity index is 1.73. The smallest absolute Gasteiger partial charge is 0.142 e. The van der Waals surface area contributed by atoms with E-state index in [-0.39, 0.29) is 0 Å². The summed E-state index contributed by atoms with van der Waals surface area (Å²) in [5.74, 6) is 0.868. The molecule has 1 aliphatic carbocycles. The molecule has 0 aliphatic heterocycles. The molecule has 0 radical (unpaired) electrons. The van der Waals surface area contributed by atoms with E-state index < -0.39 is 0 Å². The molecule has 3 heteroatoms. The number of pyridine rings is 1. The van der Waals surface area contributed by atoms with Crippen LogP contribution >= 0.6 is 15.9 Å². The Morgan fingerprint density at radius 2 is 2.00 bits per heavy atom. The lowest BCUT2D eigenvalue weighted by atomic mass is 10.1. The first-order chi connectivity index (χ1) is 9.76. The number of hydrogen-bond donors (Lipinski definition) is 0. The SMILES string of the molecule is Cc1ccc(OCc2ccc3c(c2)CCC3)c(CBr)n1. The van der Waals surface area contributed by atoms with Crippen LogP contribution in [0.3, 0.4) is 0 Å². The highest BCUT2D eigenvalue weighted by molar-refractivity contribution is 9.08. The van der Waals surface area contributed by atoms with Crippen LogP contribution < -0.4 is 4.74 Å². The van der Waals surface area contributed by atoms with Crippen molar-refractivity contribution < 1.29 is 4.74 Å². The average Bonchev–Trinajstić information content (AvgIpc) is 2.93. The monoisotopic (exact) mass is 331 g/mol. The standard InChI is InChI=1S/C17H18BrNO/c1-12-5-8-17(16(10-18)19-12)20-11-13-6-7-14-3-2-4-15(14)9-13/h5-9H,2-4,10-11H2,1H3. The zero-order chi connectivity index (χ0) is 13.9. The van der Waals surface area contributed by atoms with Gasteiger partial charge < -0.3 is 4.74 Å². The molecule has 1 aromatic carbocycles. The van der Waals surface area contributed by atoms with Crippen molar-refractivity contribution >= 4 is 15.9 Å². The van der Waals surface area contributed by atoms with E-state index in [4.69, 9.17) is 4.74 Å². The van der Waals surface area contributed by atoms with Gasteiger partial charge in [-0.05, 0) is 55.0 Å². The van der Waals surface area contributed by atoms with Crippen LogP contribution in [0.5, 0.6) is 5.75 Å².